The number of nitrogens with zero attached hydrogens (tertiary/aromatic N) is 1. The molecule has 0 spiro atoms. The zero-order valence-corrected chi connectivity index (χ0v) is 16.4. The number of alkyl halides is 5. The van der Waals surface area contributed by atoms with Crippen molar-refractivity contribution in [2.24, 2.45) is 0 Å². The van der Waals surface area contributed by atoms with E-state index in [9.17, 15) is 18.0 Å². The van der Waals surface area contributed by atoms with Crippen molar-refractivity contribution < 1.29 is 22.7 Å². The molecule has 2 N–H and O–H groups in total. The minimum Gasteiger partial charge on any atom is -0.496 e. The van der Waals surface area contributed by atoms with E-state index < -0.39 is 22.5 Å². The van der Waals surface area contributed by atoms with Crippen molar-refractivity contribution in [2.75, 3.05) is 12.4 Å². The maximum atomic E-state index is 13.4. The van der Waals surface area contributed by atoms with Crippen LogP contribution in [0.1, 0.15) is 5.56 Å². The maximum absolute atomic E-state index is 13.4. The second-order valence-electron chi connectivity index (χ2n) is 5.89. The lowest BCUT2D eigenvalue weighted by molar-refractivity contribution is -0.137. The molecule has 0 saturated carbocycles. The van der Waals surface area contributed by atoms with Crippen LogP contribution in [-0.4, -0.2) is 27.8 Å². The number of halogens is 5. The summed E-state index contributed by atoms with van der Waals surface area (Å²) in [5.74, 6) is -0.495. The van der Waals surface area contributed by atoms with Gasteiger partial charge in [0.1, 0.15) is 11.6 Å². The van der Waals surface area contributed by atoms with Crippen molar-refractivity contribution in [1.82, 2.24) is 9.97 Å². The Balaban J connectivity index is 1.94. The molecule has 0 atom stereocenters. The summed E-state index contributed by atoms with van der Waals surface area (Å²) in [7, 11) is 1.29. The highest BCUT2D eigenvalue weighted by Crippen LogP contribution is 2.41. The molecule has 3 aromatic rings. The summed E-state index contributed by atoms with van der Waals surface area (Å²) in [4.78, 5) is 17.3. The van der Waals surface area contributed by atoms with E-state index in [4.69, 9.17) is 27.9 Å². The highest BCUT2D eigenvalue weighted by molar-refractivity contribution is 6.54. The quantitative estimate of drug-likeness (QED) is 0.510. The van der Waals surface area contributed by atoms with Gasteiger partial charge in [0, 0.05) is 5.69 Å². The Morgan fingerprint density at radius 1 is 1.17 bits per heavy atom. The van der Waals surface area contributed by atoms with Gasteiger partial charge in [-0.05, 0) is 29.8 Å². The predicted octanol–water partition coefficient (Wildman–Crippen LogP) is 5.51. The molecule has 0 radical (unpaired) electrons. The number of H-pyrrole nitrogens is 1. The topological polar surface area (TPSA) is 67.0 Å². The fourth-order valence-corrected chi connectivity index (χ4v) is 2.82. The van der Waals surface area contributed by atoms with Crippen molar-refractivity contribution in [1.29, 1.82) is 0 Å². The van der Waals surface area contributed by atoms with Crippen molar-refractivity contribution in [3.8, 4) is 28.4 Å². The monoisotopic (exact) mass is 443 g/mol. The summed E-state index contributed by atoms with van der Waals surface area (Å²) in [6.07, 6.45) is -3.15. The summed E-state index contributed by atoms with van der Waals surface area (Å²) in [6, 6.07) is 10.2. The molecule has 152 valence electrons. The van der Waals surface area contributed by atoms with E-state index in [1.165, 1.54) is 25.4 Å². The largest absolute Gasteiger partial charge is 0.496 e. The van der Waals surface area contributed by atoms with Crippen LogP contribution in [0.2, 0.25) is 0 Å². The molecule has 0 aliphatic heterocycles. The fraction of sp³-hybridized carbons (Fsp3) is 0.158. The summed E-state index contributed by atoms with van der Waals surface area (Å²) < 4.78 is 45.4. The number of hydrogen-bond acceptors (Lipinski definition) is 3. The van der Waals surface area contributed by atoms with E-state index in [0.29, 0.717) is 16.9 Å². The van der Waals surface area contributed by atoms with Crippen LogP contribution >= 0.6 is 23.2 Å². The first kappa shape index (κ1) is 21.0. The van der Waals surface area contributed by atoms with Crippen LogP contribution in [0.4, 0.5) is 18.9 Å². The Bertz CT molecular complexity index is 1020. The first-order valence-electron chi connectivity index (χ1n) is 8.19. The van der Waals surface area contributed by atoms with Crippen LogP contribution in [-0.2, 0) is 11.0 Å². The van der Waals surface area contributed by atoms with E-state index in [1.54, 1.807) is 24.3 Å². The Morgan fingerprint density at radius 2 is 1.86 bits per heavy atom. The third kappa shape index (κ3) is 4.65. The third-order valence-corrected chi connectivity index (χ3v) is 4.42. The number of aromatic nitrogens is 2. The average Bonchev–Trinajstić information content (AvgIpc) is 3.17. The molecule has 0 fully saturated rings. The van der Waals surface area contributed by atoms with E-state index in [0.717, 1.165) is 6.07 Å². The van der Waals surface area contributed by atoms with Crippen molar-refractivity contribution >= 4 is 34.8 Å². The smallest absolute Gasteiger partial charge is 0.417 e. The number of rotatable bonds is 5. The number of carbonyl (C=O) groups excluding carboxylic acids is 1. The van der Waals surface area contributed by atoms with Crippen molar-refractivity contribution in [2.45, 2.75) is 11.0 Å². The van der Waals surface area contributed by atoms with Gasteiger partial charge in [-0.3, -0.25) is 4.79 Å². The zero-order valence-electron chi connectivity index (χ0n) is 14.8. The average molecular weight is 444 g/mol. The van der Waals surface area contributed by atoms with Gasteiger partial charge in [-0.1, -0.05) is 41.4 Å². The molecule has 0 bridgehead atoms. The standard InChI is InChI=1S/C19H14Cl2F3N3O2/c1-29-14-4-2-3-12(19(22,23)24)15(14)17-25-9-13(27-17)10-5-7-11(8-6-10)26-18(28)16(20)21/h2-9,16H,1H3,(H,25,27)(H,26,28). The molecule has 0 aliphatic rings. The second-order valence-corrected chi connectivity index (χ2v) is 6.99. The number of benzene rings is 2. The van der Waals surface area contributed by atoms with E-state index in [2.05, 4.69) is 15.3 Å². The van der Waals surface area contributed by atoms with Gasteiger partial charge in [-0.2, -0.15) is 13.2 Å². The number of hydrogen-bond donors (Lipinski definition) is 2. The van der Waals surface area contributed by atoms with Gasteiger partial charge in [0.25, 0.3) is 5.91 Å². The number of carbonyl (C=O) groups is 1. The lowest BCUT2D eigenvalue weighted by atomic mass is 10.1. The third-order valence-electron chi connectivity index (χ3n) is 4.03. The number of nitrogens with one attached hydrogen (secondary N) is 2. The minimum atomic E-state index is -4.57. The van der Waals surface area contributed by atoms with Crippen LogP contribution in [0.15, 0.2) is 48.7 Å². The number of imidazole rings is 1. The molecule has 5 nitrogen and oxygen atoms in total. The van der Waals surface area contributed by atoms with Gasteiger partial charge in [-0.25, -0.2) is 4.98 Å². The molecule has 0 aliphatic carbocycles. The second kappa shape index (κ2) is 8.34. The number of amides is 1. The molecule has 3 rings (SSSR count). The highest BCUT2D eigenvalue weighted by Gasteiger charge is 2.36. The maximum Gasteiger partial charge on any atom is 0.417 e. The van der Waals surface area contributed by atoms with Crippen LogP contribution in [0.3, 0.4) is 0 Å². The number of anilines is 1. The number of methoxy groups -OCH3 is 1. The normalized spacial score (nSPS) is 11.6. The fourth-order valence-electron chi connectivity index (χ4n) is 2.71. The molecule has 1 amide bonds. The van der Waals surface area contributed by atoms with Crippen LogP contribution < -0.4 is 10.1 Å². The Morgan fingerprint density at radius 3 is 2.45 bits per heavy atom. The molecule has 2 aromatic carbocycles. The Hall–Kier alpha value is -2.71. The molecular weight excluding hydrogens is 430 g/mol. The highest BCUT2D eigenvalue weighted by atomic mass is 35.5. The van der Waals surface area contributed by atoms with Gasteiger partial charge < -0.3 is 15.0 Å². The van der Waals surface area contributed by atoms with Crippen molar-refractivity contribution in [3.63, 3.8) is 0 Å². The van der Waals surface area contributed by atoms with Gasteiger partial charge in [0.05, 0.1) is 30.1 Å². The molecule has 29 heavy (non-hydrogen) atoms. The summed E-state index contributed by atoms with van der Waals surface area (Å²) in [5, 5.41) is 2.52. The lowest BCUT2D eigenvalue weighted by Gasteiger charge is -2.14. The number of aromatic amines is 1. The van der Waals surface area contributed by atoms with E-state index in [1.807, 2.05) is 0 Å². The summed E-state index contributed by atoms with van der Waals surface area (Å²) in [6.45, 7) is 0. The van der Waals surface area contributed by atoms with E-state index >= 15 is 0 Å². The summed E-state index contributed by atoms with van der Waals surface area (Å²) >= 11 is 11.0. The van der Waals surface area contributed by atoms with Crippen LogP contribution in [0.25, 0.3) is 22.6 Å². The molecule has 1 heterocycles. The molecule has 1 aromatic heterocycles. The zero-order chi connectivity index (χ0) is 21.2. The molecular formula is C19H14Cl2F3N3O2. The number of ether oxygens (including phenoxy) is 1. The van der Waals surface area contributed by atoms with Gasteiger partial charge in [0.15, 0.2) is 4.84 Å². The molecule has 0 unspecified atom stereocenters. The van der Waals surface area contributed by atoms with Crippen LogP contribution in [0.5, 0.6) is 5.75 Å². The summed E-state index contributed by atoms with van der Waals surface area (Å²) in [5.41, 5.74) is 0.581. The molecule has 0 saturated heterocycles. The first-order valence-corrected chi connectivity index (χ1v) is 9.07. The van der Waals surface area contributed by atoms with E-state index in [-0.39, 0.29) is 17.1 Å². The lowest BCUT2D eigenvalue weighted by Crippen LogP contribution is -2.18. The first-order chi connectivity index (χ1) is 13.7. The Kier molecular flexibility index (Phi) is 6.04. The minimum absolute atomic E-state index is 0.0225. The van der Waals surface area contributed by atoms with Crippen LogP contribution in [0, 0.1) is 0 Å². The molecule has 10 heteroatoms. The van der Waals surface area contributed by atoms with Gasteiger partial charge >= 0.3 is 6.18 Å². The van der Waals surface area contributed by atoms with Gasteiger partial charge in [0.2, 0.25) is 0 Å². The predicted molar refractivity (Wildman–Crippen MR) is 105 cm³/mol. The Labute approximate surface area is 173 Å². The van der Waals surface area contributed by atoms with Crippen molar-refractivity contribution in [3.05, 3.63) is 54.2 Å². The SMILES string of the molecule is COc1cccc(C(F)(F)F)c1-c1ncc(-c2ccc(NC(=O)C(Cl)Cl)cc2)[nH]1. The van der Waals surface area contributed by atoms with Gasteiger partial charge in [-0.15, -0.1) is 0 Å².